The van der Waals surface area contributed by atoms with E-state index in [2.05, 4.69) is 10.5 Å². The van der Waals surface area contributed by atoms with Crippen molar-refractivity contribution in [1.82, 2.24) is 5.43 Å². The van der Waals surface area contributed by atoms with Gasteiger partial charge in [0.15, 0.2) is 5.11 Å². The normalized spacial score (nSPS) is 10.8. The van der Waals surface area contributed by atoms with Crippen LogP contribution in [0.5, 0.6) is 5.75 Å². The lowest BCUT2D eigenvalue weighted by Gasteiger charge is -2.08. The molecule has 1 rings (SSSR count). The molecular weight excluding hydrogens is 278 g/mol. The lowest BCUT2D eigenvalue weighted by atomic mass is 10.1. The average Bonchev–Trinajstić information content (AvgIpc) is 2.43. The van der Waals surface area contributed by atoms with Crippen LogP contribution < -0.4 is 15.9 Å². The van der Waals surface area contributed by atoms with Crippen molar-refractivity contribution in [2.45, 2.75) is 13.3 Å². The minimum absolute atomic E-state index is 0.0236. The smallest absolute Gasteiger partial charge is 0.311 e. The molecule has 0 bridgehead atoms. The highest BCUT2D eigenvalue weighted by Gasteiger charge is 2.11. The molecule has 0 aliphatic heterocycles. The Morgan fingerprint density at radius 2 is 2.05 bits per heavy atom. The second-order valence-corrected chi connectivity index (χ2v) is 4.18. The first-order valence-corrected chi connectivity index (χ1v) is 6.39. The predicted octanol–water partition coefficient (Wildman–Crippen LogP) is 1.19. The first-order chi connectivity index (χ1) is 9.56. The van der Waals surface area contributed by atoms with E-state index < -0.39 is 0 Å². The quantitative estimate of drug-likeness (QED) is 0.355. The van der Waals surface area contributed by atoms with Crippen molar-refractivity contribution in [3.63, 3.8) is 0 Å². The number of carbonyl (C=O) groups is 1. The van der Waals surface area contributed by atoms with E-state index in [9.17, 15) is 4.79 Å². The van der Waals surface area contributed by atoms with Crippen molar-refractivity contribution in [1.29, 1.82) is 0 Å². The third-order valence-corrected chi connectivity index (χ3v) is 2.43. The first-order valence-electron chi connectivity index (χ1n) is 5.98. The van der Waals surface area contributed by atoms with E-state index in [-0.39, 0.29) is 17.5 Å². The van der Waals surface area contributed by atoms with Gasteiger partial charge in [0.2, 0.25) is 0 Å². The van der Waals surface area contributed by atoms with E-state index in [0.717, 1.165) is 5.56 Å². The molecule has 0 radical (unpaired) electrons. The molecule has 108 valence electrons. The fourth-order valence-corrected chi connectivity index (χ4v) is 1.51. The van der Waals surface area contributed by atoms with Crippen LogP contribution in [0.3, 0.4) is 0 Å². The van der Waals surface area contributed by atoms with Crippen LogP contribution in [0.25, 0.3) is 0 Å². The highest BCUT2D eigenvalue weighted by molar-refractivity contribution is 7.80. The fraction of sp³-hybridized carbons (Fsp3) is 0.308. The Hall–Kier alpha value is -2.15. The predicted molar refractivity (Wildman–Crippen MR) is 80.7 cm³/mol. The zero-order chi connectivity index (χ0) is 15.0. The summed E-state index contributed by atoms with van der Waals surface area (Å²) in [4.78, 5) is 11.6. The van der Waals surface area contributed by atoms with Crippen molar-refractivity contribution in [3.8, 4) is 5.75 Å². The molecular formula is C13H17N3O3S. The van der Waals surface area contributed by atoms with Crippen LogP contribution in [0.1, 0.15) is 18.9 Å². The molecule has 0 unspecified atom stereocenters. The van der Waals surface area contributed by atoms with Gasteiger partial charge in [-0.05, 0) is 49.0 Å². The summed E-state index contributed by atoms with van der Waals surface area (Å²) in [6.07, 6.45) is 0.0236. The number of thiocarbonyl (C=S) groups is 1. The Labute approximate surface area is 122 Å². The Morgan fingerprint density at radius 1 is 1.40 bits per heavy atom. The molecule has 0 saturated carbocycles. The third kappa shape index (κ3) is 5.23. The molecule has 0 spiro atoms. The molecule has 3 N–H and O–H groups in total. The number of esters is 1. The van der Waals surface area contributed by atoms with Gasteiger partial charge in [-0.3, -0.25) is 10.2 Å². The summed E-state index contributed by atoms with van der Waals surface area (Å²) in [6, 6.07) is 7.13. The Bertz CT molecular complexity index is 500. The average molecular weight is 295 g/mol. The van der Waals surface area contributed by atoms with Gasteiger partial charge >= 0.3 is 5.97 Å². The van der Waals surface area contributed by atoms with Crippen molar-refractivity contribution < 1.29 is 14.3 Å². The highest BCUT2D eigenvalue weighted by atomic mass is 32.1. The molecule has 0 fully saturated rings. The van der Waals surface area contributed by atoms with Crippen LogP contribution in [0.15, 0.2) is 29.4 Å². The number of methoxy groups -OCH3 is 1. The molecule has 0 aliphatic rings. The minimum atomic E-state index is -0.369. The molecule has 6 nitrogen and oxygen atoms in total. The van der Waals surface area contributed by atoms with Crippen LogP contribution >= 0.6 is 12.2 Å². The molecule has 0 saturated heterocycles. The molecule has 0 heterocycles. The molecule has 0 atom stereocenters. The minimum Gasteiger partial charge on any atom is -0.497 e. The maximum atomic E-state index is 11.6. The van der Waals surface area contributed by atoms with Crippen molar-refractivity contribution in [2.75, 3.05) is 13.7 Å². The van der Waals surface area contributed by atoms with E-state index in [4.69, 9.17) is 27.4 Å². The van der Waals surface area contributed by atoms with Gasteiger partial charge in [0.1, 0.15) is 5.75 Å². The molecule has 1 aromatic rings. The summed E-state index contributed by atoms with van der Waals surface area (Å²) in [7, 11) is 1.58. The summed E-state index contributed by atoms with van der Waals surface area (Å²) in [5.74, 6) is 0.346. The van der Waals surface area contributed by atoms with Gasteiger partial charge in [-0.1, -0.05) is 0 Å². The number of nitrogens with zero attached hydrogens (tertiary/aromatic N) is 1. The zero-order valence-electron chi connectivity index (χ0n) is 11.4. The van der Waals surface area contributed by atoms with Gasteiger partial charge in [0.25, 0.3) is 0 Å². The first kappa shape index (κ1) is 15.9. The second kappa shape index (κ2) is 8.11. The standard InChI is InChI=1S/C13H17N3O3S/c1-3-19-12(17)8-11(15-16-13(14)20)9-4-6-10(18-2)7-5-9/h4-7H,3,8H2,1-2H3,(H3,14,16,20)/b15-11-. The third-order valence-electron chi connectivity index (χ3n) is 2.34. The summed E-state index contributed by atoms with van der Waals surface area (Å²) >= 11 is 4.69. The number of carbonyl (C=O) groups excluding carboxylic acids is 1. The van der Waals surface area contributed by atoms with Gasteiger partial charge in [0, 0.05) is 0 Å². The Kier molecular flexibility index (Phi) is 6.45. The number of nitrogens with one attached hydrogen (secondary N) is 1. The number of hydrogen-bond donors (Lipinski definition) is 2. The number of ether oxygens (including phenoxy) is 2. The van der Waals surface area contributed by atoms with E-state index in [1.54, 1.807) is 38.3 Å². The van der Waals surface area contributed by atoms with Crippen LogP contribution in [0.4, 0.5) is 0 Å². The topological polar surface area (TPSA) is 85.9 Å². The monoisotopic (exact) mass is 295 g/mol. The van der Waals surface area contributed by atoms with Crippen LogP contribution in [-0.2, 0) is 9.53 Å². The van der Waals surface area contributed by atoms with Crippen LogP contribution in [0.2, 0.25) is 0 Å². The largest absolute Gasteiger partial charge is 0.497 e. The van der Waals surface area contributed by atoms with E-state index in [1.165, 1.54) is 0 Å². The van der Waals surface area contributed by atoms with Crippen molar-refractivity contribution in [2.24, 2.45) is 10.8 Å². The van der Waals surface area contributed by atoms with Gasteiger partial charge in [0.05, 0.1) is 25.8 Å². The summed E-state index contributed by atoms with van der Waals surface area (Å²) in [6.45, 7) is 2.06. The van der Waals surface area contributed by atoms with Crippen molar-refractivity contribution in [3.05, 3.63) is 29.8 Å². The number of hydrogen-bond acceptors (Lipinski definition) is 5. The second-order valence-electron chi connectivity index (χ2n) is 3.74. The zero-order valence-corrected chi connectivity index (χ0v) is 12.2. The molecule has 1 aromatic carbocycles. The number of hydrazone groups is 1. The van der Waals surface area contributed by atoms with Gasteiger partial charge in [-0.15, -0.1) is 0 Å². The number of nitrogens with two attached hydrogens (primary N) is 1. The molecule has 0 aliphatic carbocycles. The van der Waals surface area contributed by atoms with E-state index >= 15 is 0 Å². The fourth-order valence-electron chi connectivity index (χ4n) is 1.46. The Morgan fingerprint density at radius 3 is 2.55 bits per heavy atom. The van der Waals surface area contributed by atoms with Crippen LogP contribution in [-0.4, -0.2) is 30.5 Å². The van der Waals surface area contributed by atoms with Crippen molar-refractivity contribution >= 4 is 29.0 Å². The summed E-state index contributed by atoms with van der Waals surface area (Å²) in [5, 5.41) is 4.06. The summed E-state index contributed by atoms with van der Waals surface area (Å²) in [5.41, 5.74) is 9.05. The maximum Gasteiger partial charge on any atom is 0.311 e. The van der Waals surface area contributed by atoms with E-state index in [0.29, 0.717) is 18.1 Å². The van der Waals surface area contributed by atoms with Gasteiger partial charge in [-0.25, -0.2) is 0 Å². The lowest BCUT2D eigenvalue weighted by Crippen LogP contribution is -2.26. The number of benzene rings is 1. The SMILES string of the molecule is CCOC(=O)C/C(=N/NC(N)=S)c1ccc(OC)cc1. The van der Waals surface area contributed by atoms with E-state index in [1.807, 2.05) is 0 Å². The molecule has 0 amide bonds. The van der Waals surface area contributed by atoms with Crippen LogP contribution in [0, 0.1) is 0 Å². The maximum absolute atomic E-state index is 11.6. The van der Waals surface area contributed by atoms with Gasteiger partial charge < -0.3 is 15.2 Å². The molecule has 20 heavy (non-hydrogen) atoms. The summed E-state index contributed by atoms with van der Waals surface area (Å²) < 4.78 is 9.99. The Balaban J connectivity index is 2.93. The molecule has 7 heteroatoms. The highest BCUT2D eigenvalue weighted by Crippen LogP contribution is 2.13. The number of rotatable bonds is 6. The van der Waals surface area contributed by atoms with Gasteiger partial charge in [-0.2, -0.15) is 5.10 Å². The molecule has 0 aromatic heterocycles. The lowest BCUT2D eigenvalue weighted by molar-refractivity contribution is -0.141.